The maximum Gasteiger partial charge on any atom is 0.237 e. The van der Waals surface area contributed by atoms with Gasteiger partial charge in [-0.2, -0.15) is 0 Å². The first-order valence-electron chi connectivity index (χ1n) is 9.32. The molecule has 1 aliphatic heterocycles. The van der Waals surface area contributed by atoms with E-state index < -0.39 is 0 Å². The van der Waals surface area contributed by atoms with Gasteiger partial charge in [0.2, 0.25) is 5.91 Å². The lowest BCUT2D eigenvalue weighted by atomic mass is 10.0. The van der Waals surface area contributed by atoms with Crippen LogP contribution in [0.1, 0.15) is 62.8 Å². The van der Waals surface area contributed by atoms with Gasteiger partial charge in [-0.05, 0) is 58.9 Å². The third kappa shape index (κ3) is 3.72. The van der Waals surface area contributed by atoms with Crippen LogP contribution in [0.2, 0.25) is 0 Å². The second-order valence-corrected chi connectivity index (χ2v) is 7.25. The molecule has 24 heavy (non-hydrogen) atoms. The van der Waals surface area contributed by atoms with E-state index in [1.165, 1.54) is 24.2 Å². The van der Waals surface area contributed by atoms with E-state index in [2.05, 4.69) is 16.5 Å². The number of amides is 1. The molecular weight excluding hydrogens is 300 g/mol. The Balaban J connectivity index is 1.68. The Kier molecular flexibility index (Phi) is 5.39. The van der Waals surface area contributed by atoms with E-state index in [-0.39, 0.29) is 11.9 Å². The van der Waals surface area contributed by atoms with Crippen LogP contribution in [0.5, 0.6) is 0 Å². The van der Waals surface area contributed by atoms with Gasteiger partial charge in [-0.1, -0.05) is 12.2 Å². The van der Waals surface area contributed by atoms with Gasteiger partial charge in [-0.25, -0.2) is 4.98 Å². The summed E-state index contributed by atoms with van der Waals surface area (Å²) >= 11 is 0. The van der Waals surface area contributed by atoms with Crippen LogP contribution in [-0.4, -0.2) is 51.9 Å². The summed E-state index contributed by atoms with van der Waals surface area (Å²) in [6.07, 6.45) is 6.95. The summed E-state index contributed by atoms with van der Waals surface area (Å²) in [6, 6.07) is 0.267. The third-order valence-corrected chi connectivity index (χ3v) is 5.19. The van der Waals surface area contributed by atoms with Crippen molar-refractivity contribution in [2.45, 2.75) is 58.4 Å². The van der Waals surface area contributed by atoms with Crippen LogP contribution in [-0.2, 0) is 17.6 Å². The topological polar surface area (TPSA) is 52.2 Å². The summed E-state index contributed by atoms with van der Waals surface area (Å²) in [4.78, 5) is 25.3. The van der Waals surface area contributed by atoms with Crippen LogP contribution < -0.4 is 0 Å². The van der Waals surface area contributed by atoms with Crippen molar-refractivity contribution in [1.29, 1.82) is 0 Å². The molecule has 0 bridgehead atoms. The summed E-state index contributed by atoms with van der Waals surface area (Å²) in [5, 5.41) is 0. The van der Waals surface area contributed by atoms with Crippen molar-refractivity contribution in [3.05, 3.63) is 29.4 Å². The maximum atomic E-state index is 12.6. The van der Waals surface area contributed by atoms with Crippen molar-refractivity contribution >= 4 is 5.91 Å². The number of aromatic nitrogens is 2. The molecule has 132 valence electrons. The Morgan fingerprint density at radius 3 is 2.88 bits per heavy atom. The number of carbonyl (C=O) groups is 1. The van der Waals surface area contributed by atoms with Gasteiger partial charge in [0.25, 0.3) is 0 Å². The molecule has 1 aromatic heterocycles. The normalized spacial score (nSPS) is 20.8. The number of rotatable bonds is 6. The number of imidazole rings is 1. The average molecular weight is 330 g/mol. The largest absolute Gasteiger partial charge is 0.344 e. The van der Waals surface area contributed by atoms with Crippen LogP contribution in [0.15, 0.2) is 12.2 Å². The average Bonchev–Trinajstić information content (AvgIpc) is 3.17. The number of likely N-dealkylation sites (N-methyl/N-ethyl adjacent to an activating group) is 1. The molecule has 2 heterocycles. The summed E-state index contributed by atoms with van der Waals surface area (Å²) in [5.74, 6) is 1.28. The third-order valence-electron chi connectivity index (χ3n) is 5.19. The summed E-state index contributed by atoms with van der Waals surface area (Å²) in [6.45, 7) is 10.8. The Labute approximate surface area is 145 Å². The van der Waals surface area contributed by atoms with Crippen LogP contribution in [0.4, 0.5) is 0 Å². The molecule has 0 unspecified atom stereocenters. The number of fused-ring (bicyclic) bond motifs is 1. The van der Waals surface area contributed by atoms with E-state index in [0.717, 1.165) is 50.2 Å². The number of hydrogen-bond acceptors (Lipinski definition) is 3. The number of carbonyl (C=O) groups excluding carboxylic acids is 1. The summed E-state index contributed by atoms with van der Waals surface area (Å²) in [5.41, 5.74) is 3.61. The molecule has 0 aromatic carbocycles. The fourth-order valence-corrected chi connectivity index (χ4v) is 3.93. The molecule has 0 spiro atoms. The molecule has 5 heteroatoms. The molecule has 1 amide bonds. The van der Waals surface area contributed by atoms with Gasteiger partial charge in [0, 0.05) is 18.8 Å². The van der Waals surface area contributed by atoms with Crippen LogP contribution in [0.3, 0.4) is 0 Å². The Hall–Kier alpha value is -1.62. The molecule has 1 aliphatic carbocycles. The van der Waals surface area contributed by atoms with Crippen molar-refractivity contribution in [2.24, 2.45) is 0 Å². The molecule has 2 aliphatic rings. The van der Waals surface area contributed by atoms with E-state index in [1.54, 1.807) is 0 Å². The number of aromatic amines is 1. The van der Waals surface area contributed by atoms with Crippen LogP contribution in [0, 0.1) is 0 Å². The van der Waals surface area contributed by atoms with E-state index in [9.17, 15) is 4.79 Å². The quantitative estimate of drug-likeness (QED) is 0.816. The molecule has 1 N–H and O–H groups in total. The van der Waals surface area contributed by atoms with Crippen LogP contribution in [0.25, 0.3) is 0 Å². The molecule has 0 radical (unpaired) electrons. The second kappa shape index (κ2) is 7.51. The summed E-state index contributed by atoms with van der Waals surface area (Å²) in [7, 11) is 0. The van der Waals surface area contributed by atoms with Gasteiger partial charge >= 0.3 is 0 Å². The molecule has 0 saturated carbocycles. The molecule has 1 aromatic rings. The molecular formula is C19H30N4O. The number of H-pyrrole nitrogens is 1. The van der Waals surface area contributed by atoms with Gasteiger partial charge in [0.15, 0.2) is 0 Å². The molecule has 1 fully saturated rings. The highest BCUT2D eigenvalue weighted by atomic mass is 16.2. The number of nitrogens with one attached hydrogen (secondary N) is 1. The Morgan fingerprint density at radius 1 is 1.38 bits per heavy atom. The highest BCUT2D eigenvalue weighted by molar-refractivity contribution is 5.78. The first kappa shape index (κ1) is 17.2. The molecule has 1 saturated heterocycles. The van der Waals surface area contributed by atoms with Crippen molar-refractivity contribution in [2.75, 3.05) is 26.2 Å². The SMILES string of the molecule is C=C(C)CN(CC)C(=O)CN1CCC[C@H]1c1nc2c([nH]1)CCCC2. The Bertz CT molecular complexity index is 583. The Morgan fingerprint density at radius 2 is 2.17 bits per heavy atom. The zero-order valence-electron chi connectivity index (χ0n) is 15.1. The van der Waals surface area contributed by atoms with E-state index in [4.69, 9.17) is 4.98 Å². The lowest BCUT2D eigenvalue weighted by Crippen LogP contribution is -2.41. The van der Waals surface area contributed by atoms with Gasteiger partial charge in [-0.15, -0.1) is 0 Å². The lowest BCUT2D eigenvalue weighted by Gasteiger charge is -2.27. The fraction of sp³-hybridized carbons (Fsp3) is 0.684. The predicted octanol–water partition coefficient (Wildman–Crippen LogP) is 2.85. The molecule has 1 atom stereocenters. The number of nitrogens with zero attached hydrogens (tertiary/aromatic N) is 3. The minimum absolute atomic E-state index is 0.198. The highest BCUT2D eigenvalue weighted by Crippen LogP contribution is 2.32. The first-order chi connectivity index (χ1) is 11.6. The van der Waals surface area contributed by atoms with Gasteiger partial charge in [0.1, 0.15) is 5.82 Å². The fourth-order valence-electron chi connectivity index (χ4n) is 3.93. The number of likely N-dealkylation sites (tertiary alicyclic amines) is 1. The van der Waals surface area contributed by atoms with Gasteiger partial charge in [0.05, 0.1) is 18.3 Å². The van der Waals surface area contributed by atoms with Crippen molar-refractivity contribution < 1.29 is 4.79 Å². The number of hydrogen-bond donors (Lipinski definition) is 1. The molecule has 5 nitrogen and oxygen atoms in total. The zero-order chi connectivity index (χ0) is 17.1. The lowest BCUT2D eigenvalue weighted by molar-refractivity contribution is -0.132. The summed E-state index contributed by atoms with van der Waals surface area (Å²) < 4.78 is 0. The first-order valence-corrected chi connectivity index (χ1v) is 9.32. The van der Waals surface area contributed by atoms with Crippen LogP contribution >= 0.6 is 0 Å². The van der Waals surface area contributed by atoms with Gasteiger partial charge in [-0.3, -0.25) is 9.69 Å². The van der Waals surface area contributed by atoms with Crippen molar-refractivity contribution in [3.8, 4) is 0 Å². The highest BCUT2D eigenvalue weighted by Gasteiger charge is 2.31. The van der Waals surface area contributed by atoms with Gasteiger partial charge < -0.3 is 9.88 Å². The van der Waals surface area contributed by atoms with E-state index in [1.807, 2.05) is 18.7 Å². The monoisotopic (exact) mass is 330 g/mol. The van der Waals surface area contributed by atoms with E-state index in [0.29, 0.717) is 13.1 Å². The van der Waals surface area contributed by atoms with E-state index >= 15 is 0 Å². The zero-order valence-corrected chi connectivity index (χ0v) is 15.1. The van der Waals surface area contributed by atoms with Crippen molar-refractivity contribution in [1.82, 2.24) is 19.8 Å². The molecule has 3 rings (SSSR count). The standard InChI is InChI=1S/C19H30N4O/c1-4-22(12-14(2)3)18(24)13-23-11-7-10-17(23)19-20-15-8-5-6-9-16(15)21-19/h17H,2,4-13H2,1,3H3,(H,20,21)/t17-/m0/s1. The predicted molar refractivity (Wildman–Crippen MR) is 95.8 cm³/mol. The second-order valence-electron chi connectivity index (χ2n) is 7.25. The minimum Gasteiger partial charge on any atom is -0.344 e. The number of aryl methyl sites for hydroxylation is 2. The van der Waals surface area contributed by atoms with Crippen molar-refractivity contribution in [3.63, 3.8) is 0 Å². The minimum atomic E-state index is 0.198. The smallest absolute Gasteiger partial charge is 0.237 e. The maximum absolute atomic E-state index is 12.6.